The van der Waals surface area contributed by atoms with Crippen LogP contribution < -0.4 is 10.6 Å². The zero-order valence-electron chi connectivity index (χ0n) is 12.1. The highest BCUT2D eigenvalue weighted by atomic mass is 15.1. The Bertz CT molecular complexity index is 642. The van der Waals surface area contributed by atoms with Crippen molar-refractivity contribution in [3.63, 3.8) is 0 Å². The standard InChI is InChI=1S/C17H17N5/c1-2-4-14(5-3-1)13-21-17-19-11-8-16(22-17)20-12-15-6-9-18-10-7-15/h1-11H,12-13H2,(H2,19,20,21,22). The predicted molar refractivity (Wildman–Crippen MR) is 87.4 cm³/mol. The second-order valence-electron chi connectivity index (χ2n) is 4.81. The predicted octanol–water partition coefficient (Wildman–Crippen LogP) is 3.10. The Morgan fingerprint density at radius 3 is 2.27 bits per heavy atom. The smallest absolute Gasteiger partial charge is 0.224 e. The number of nitrogens with zero attached hydrogens (tertiary/aromatic N) is 3. The first-order valence-electron chi connectivity index (χ1n) is 7.14. The Balaban J connectivity index is 1.58. The van der Waals surface area contributed by atoms with Gasteiger partial charge >= 0.3 is 0 Å². The van der Waals surface area contributed by atoms with Crippen molar-refractivity contribution < 1.29 is 0 Å². The molecule has 5 heteroatoms. The van der Waals surface area contributed by atoms with Crippen molar-refractivity contribution in [2.75, 3.05) is 10.6 Å². The first-order valence-corrected chi connectivity index (χ1v) is 7.14. The maximum atomic E-state index is 4.45. The molecule has 0 aliphatic carbocycles. The topological polar surface area (TPSA) is 62.7 Å². The second-order valence-corrected chi connectivity index (χ2v) is 4.81. The van der Waals surface area contributed by atoms with E-state index in [1.807, 2.05) is 36.4 Å². The van der Waals surface area contributed by atoms with Crippen molar-refractivity contribution in [3.8, 4) is 0 Å². The Morgan fingerprint density at radius 1 is 0.727 bits per heavy atom. The van der Waals surface area contributed by atoms with Crippen LogP contribution in [0, 0.1) is 0 Å². The van der Waals surface area contributed by atoms with Crippen LogP contribution in [-0.2, 0) is 13.1 Å². The van der Waals surface area contributed by atoms with Gasteiger partial charge in [-0.3, -0.25) is 4.98 Å². The molecule has 5 nitrogen and oxygen atoms in total. The molecule has 0 aliphatic rings. The van der Waals surface area contributed by atoms with Gasteiger partial charge in [0.25, 0.3) is 0 Å². The molecule has 110 valence electrons. The first kappa shape index (κ1) is 14.0. The van der Waals surface area contributed by atoms with Crippen molar-refractivity contribution >= 4 is 11.8 Å². The summed E-state index contributed by atoms with van der Waals surface area (Å²) in [4.78, 5) is 12.7. The lowest BCUT2D eigenvalue weighted by atomic mass is 10.2. The van der Waals surface area contributed by atoms with Gasteiger partial charge in [0.1, 0.15) is 5.82 Å². The van der Waals surface area contributed by atoms with Gasteiger partial charge in [-0.05, 0) is 29.3 Å². The van der Waals surface area contributed by atoms with E-state index in [0.29, 0.717) is 19.0 Å². The molecule has 2 aromatic heterocycles. The highest BCUT2D eigenvalue weighted by Crippen LogP contribution is 2.09. The number of hydrogen-bond acceptors (Lipinski definition) is 5. The number of hydrogen-bond donors (Lipinski definition) is 2. The van der Waals surface area contributed by atoms with Crippen LogP contribution in [0.2, 0.25) is 0 Å². The molecule has 3 aromatic rings. The van der Waals surface area contributed by atoms with Gasteiger partial charge < -0.3 is 10.6 Å². The van der Waals surface area contributed by atoms with Gasteiger partial charge in [0.05, 0.1) is 0 Å². The van der Waals surface area contributed by atoms with Gasteiger partial charge in [0.2, 0.25) is 5.95 Å². The fourth-order valence-corrected chi connectivity index (χ4v) is 2.01. The summed E-state index contributed by atoms with van der Waals surface area (Å²) >= 11 is 0. The highest BCUT2D eigenvalue weighted by Gasteiger charge is 1.99. The van der Waals surface area contributed by atoms with Gasteiger partial charge in [-0.2, -0.15) is 4.98 Å². The number of aromatic nitrogens is 3. The zero-order chi connectivity index (χ0) is 15.0. The quantitative estimate of drug-likeness (QED) is 0.730. The van der Waals surface area contributed by atoms with E-state index in [2.05, 4.69) is 37.7 Å². The molecule has 1 aromatic carbocycles. The minimum atomic E-state index is 0.614. The van der Waals surface area contributed by atoms with Crippen LogP contribution >= 0.6 is 0 Å². The summed E-state index contributed by atoms with van der Waals surface area (Å²) in [6, 6.07) is 16.0. The van der Waals surface area contributed by atoms with Crippen molar-refractivity contribution in [3.05, 3.63) is 78.2 Å². The molecule has 2 heterocycles. The number of pyridine rings is 1. The fourth-order valence-electron chi connectivity index (χ4n) is 2.01. The van der Waals surface area contributed by atoms with E-state index in [-0.39, 0.29) is 0 Å². The Kier molecular flexibility index (Phi) is 4.57. The summed E-state index contributed by atoms with van der Waals surface area (Å²) in [7, 11) is 0. The third-order valence-electron chi connectivity index (χ3n) is 3.17. The SMILES string of the molecule is c1ccc(CNc2nccc(NCc3ccncc3)n2)cc1. The summed E-state index contributed by atoms with van der Waals surface area (Å²) in [6.45, 7) is 1.41. The van der Waals surface area contributed by atoms with Gasteiger partial charge in [-0.25, -0.2) is 4.98 Å². The van der Waals surface area contributed by atoms with Crippen LogP contribution in [0.1, 0.15) is 11.1 Å². The van der Waals surface area contributed by atoms with Crippen molar-refractivity contribution in [2.45, 2.75) is 13.1 Å². The molecule has 0 aliphatic heterocycles. The average molecular weight is 291 g/mol. The molecule has 2 N–H and O–H groups in total. The van der Waals surface area contributed by atoms with Crippen LogP contribution in [0.4, 0.5) is 11.8 Å². The third kappa shape index (κ3) is 4.02. The number of anilines is 2. The molecular weight excluding hydrogens is 274 g/mol. The fraction of sp³-hybridized carbons (Fsp3) is 0.118. The zero-order valence-corrected chi connectivity index (χ0v) is 12.1. The minimum absolute atomic E-state index is 0.614. The summed E-state index contributed by atoms with van der Waals surface area (Å²) in [6.07, 6.45) is 5.31. The largest absolute Gasteiger partial charge is 0.366 e. The van der Waals surface area contributed by atoms with Crippen LogP contribution in [-0.4, -0.2) is 15.0 Å². The molecule has 3 rings (SSSR count). The van der Waals surface area contributed by atoms with E-state index in [0.717, 1.165) is 11.4 Å². The van der Waals surface area contributed by atoms with E-state index < -0.39 is 0 Å². The van der Waals surface area contributed by atoms with E-state index in [9.17, 15) is 0 Å². The summed E-state index contributed by atoms with van der Waals surface area (Å²) < 4.78 is 0. The second kappa shape index (κ2) is 7.17. The highest BCUT2D eigenvalue weighted by molar-refractivity contribution is 5.40. The molecule has 0 fully saturated rings. The normalized spacial score (nSPS) is 10.2. The van der Waals surface area contributed by atoms with Crippen LogP contribution in [0.15, 0.2) is 67.1 Å². The molecule has 0 bridgehead atoms. The van der Waals surface area contributed by atoms with Gasteiger partial charge in [0, 0.05) is 31.7 Å². The van der Waals surface area contributed by atoms with Crippen molar-refractivity contribution in [1.29, 1.82) is 0 Å². The number of nitrogens with one attached hydrogen (secondary N) is 2. The van der Waals surface area contributed by atoms with Crippen molar-refractivity contribution in [1.82, 2.24) is 15.0 Å². The summed E-state index contributed by atoms with van der Waals surface area (Å²) in [5.41, 5.74) is 2.36. The lowest BCUT2D eigenvalue weighted by Gasteiger charge is -2.08. The number of benzene rings is 1. The maximum Gasteiger partial charge on any atom is 0.224 e. The van der Waals surface area contributed by atoms with Gasteiger partial charge in [-0.15, -0.1) is 0 Å². The Morgan fingerprint density at radius 2 is 1.45 bits per heavy atom. The van der Waals surface area contributed by atoms with Crippen LogP contribution in [0.3, 0.4) is 0 Å². The first-order chi connectivity index (χ1) is 10.9. The lowest BCUT2D eigenvalue weighted by Crippen LogP contribution is -2.06. The Labute approximate surface area is 129 Å². The van der Waals surface area contributed by atoms with E-state index in [4.69, 9.17) is 0 Å². The molecule has 0 saturated carbocycles. The average Bonchev–Trinajstić information content (AvgIpc) is 2.60. The van der Waals surface area contributed by atoms with E-state index >= 15 is 0 Å². The number of rotatable bonds is 6. The van der Waals surface area contributed by atoms with E-state index in [1.54, 1.807) is 18.6 Å². The molecule has 0 unspecified atom stereocenters. The van der Waals surface area contributed by atoms with Crippen LogP contribution in [0.25, 0.3) is 0 Å². The third-order valence-corrected chi connectivity index (χ3v) is 3.17. The molecule has 0 saturated heterocycles. The minimum Gasteiger partial charge on any atom is -0.366 e. The molecule has 0 spiro atoms. The van der Waals surface area contributed by atoms with E-state index in [1.165, 1.54) is 5.56 Å². The van der Waals surface area contributed by atoms with Gasteiger partial charge in [-0.1, -0.05) is 30.3 Å². The lowest BCUT2D eigenvalue weighted by molar-refractivity contribution is 1.03. The summed E-state index contributed by atoms with van der Waals surface area (Å²) in [5.74, 6) is 1.41. The summed E-state index contributed by atoms with van der Waals surface area (Å²) in [5, 5.41) is 6.51. The van der Waals surface area contributed by atoms with Crippen LogP contribution in [0.5, 0.6) is 0 Å². The molecule has 0 amide bonds. The Hall–Kier alpha value is -2.95. The maximum absolute atomic E-state index is 4.45. The molecular formula is C17H17N5. The molecule has 22 heavy (non-hydrogen) atoms. The monoisotopic (exact) mass is 291 g/mol. The molecule has 0 radical (unpaired) electrons. The molecule has 0 atom stereocenters. The van der Waals surface area contributed by atoms with Gasteiger partial charge in [0.15, 0.2) is 0 Å². The van der Waals surface area contributed by atoms with Crippen molar-refractivity contribution in [2.24, 2.45) is 0 Å².